The van der Waals surface area contributed by atoms with E-state index in [1.165, 1.54) is 24.3 Å². The van der Waals surface area contributed by atoms with Gasteiger partial charge in [0.2, 0.25) is 0 Å². The number of rotatable bonds is 5. The topological polar surface area (TPSA) is 29.5 Å². The molecule has 0 saturated heterocycles. The van der Waals surface area contributed by atoms with Crippen LogP contribution in [0.5, 0.6) is 5.75 Å². The Morgan fingerprint density at radius 3 is 1.81 bits per heavy atom. The lowest BCUT2D eigenvalue weighted by molar-refractivity contribution is 0.151. The molecule has 3 rings (SSSR count). The number of hydrogen-bond donors (Lipinski definition) is 1. The Kier molecular flexibility index (Phi) is 3.88. The summed E-state index contributed by atoms with van der Waals surface area (Å²) < 4.78 is 30.6. The van der Waals surface area contributed by atoms with Crippen LogP contribution in [0, 0.1) is 0 Å². The summed E-state index contributed by atoms with van der Waals surface area (Å²) in [5.41, 5.74) is 1.26. The largest absolute Gasteiger partial charge is 0.490 e. The molecular weight excluding hydrogens is 274 g/mol. The quantitative estimate of drug-likeness (QED) is 0.892. The van der Waals surface area contributed by atoms with Crippen LogP contribution in [0.3, 0.4) is 0 Å². The Morgan fingerprint density at radius 1 is 0.857 bits per heavy atom. The molecule has 21 heavy (non-hydrogen) atoms. The van der Waals surface area contributed by atoms with Gasteiger partial charge in [0, 0.05) is 5.56 Å². The fraction of sp³-hybridized carbons (Fsp3) is 0.294. The minimum atomic E-state index is -2.49. The first-order chi connectivity index (χ1) is 10.1. The normalized spacial score (nSPS) is 16.0. The lowest BCUT2D eigenvalue weighted by Crippen LogP contribution is -2.01. The number of aliphatic hydroxyl groups is 1. The van der Waals surface area contributed by atoms with E-state index in [2.05, 4.69) is 0 Å². The van der Waals surface area contributed by atoms with Gasteiger partial charge in [0.15, 0.2) is 0 Å². The van der Waals surface area contributed by atoms with E-state index < -0.39 is 12.5 Å². The van der Waals surface area contributed by atoms with Crippen LogP contribution < -0.4 is 4.74 Å². The van der Waals surface area contributed by atoms with Gasteiger partial charge in [-0.05, 0) is 36.1 Å². The van der Waals surface area contributed by atoms with Gasteiger partial charge in [-0.25, -0.2) is 8.78 Å². The Bertz CT molecular complexity index is 589. The highest BCUT2D eigenvalue weighted by Gasteiger charge is 2.23. The summed E-state index contributed by atoms with van der Waals surface area (Å²) in [6.45, 7) is 0. The average molecular weight is 290 g/mol. The molecule has 1 aliphatic carbocycles. The minimum absolute atomic E-state index is 0.0425. The van der Waals surface area contributed by atoms with E-state index in [4.69, 9.17) is 4.74 Å². The predicted molar refractivity (Wildman–Crippen MR) is 75.6 cm³/mol. The van der Waals surface area contributed by atoms with Crippen LogP contribution >= 0.6 is 0 Å². The molecule has 0 bridgehead atoms. The molecule has 2 aromatic carbocycles. The Hall–Kier alpha value is -1.94. The second-order valence-electron chi connectivity index (χ2n) is 5.26. The zero-order chi connectivity index (χ0) is 14.8. The van der Waals surface area contributed by atoms with E-state index in [1.807, 2.05) is 12.1 Å². The van der Waals surface area contributed by atoms with Gasteiger partial charge < -0.3 is 9.84 Å². The number of aliphatic hydroxyl groups excluding tert-OH is 1. The first-order valence-electron chi connectivity index (χ1n) is 6.96. The molecule has 110 valence electrons. The van der Waals surface area contributed by atoms with E-state index in [9.17, 15) is 13.9 Å². The maximum Gasteiger partial charge on any atom is 0.263 e. The number of ether oxygens (including phenoxy) is 1. The van der Waals surface area contributed by atoms with Crippen molar-refractivity contribution >= 4 is 0 Å². The van der Waals surface area contributed by atoms with Crippen molar-refractivity contribution in [2.75, 3.05) is 0 Å². The van der Waals surface area contributed by atoms with Crippen molar-refractivity contribution in [3.63, 3.8) is 0 Å². The van der Waals surface area contributed by atoms with E-state index in [0.29, 0.717) is 17.2 Å². The molecule has 0 aromatic heterocycles. The van der Waals surface area contributed by atoms with Gasteiger partial charge in [0.1, 0.15) is 11.9 Å². The van der Waals surface area contributed by atoms with Gasteiger partial charge in [-0.2, -0.15) is 0 Å². The van der Waals surface area contributed by atoms with Gasteiger partial charge >= 0.3 is 0 Å². The molecule has 0 spiro atoms. The van der Waals surface area contributed by atoms with Crippen LogP contribution in [0.25, 0.3) is 0 Å². The van der Waals surface area contributed by atoms with Crippen LogP contribution in [-0.2, 0) is 0 Å². The number of alkyl halides is 2. The molecule has 1 fully saturated rings. The predicted octanol–water partition coefficient (Wildman–Crippen LogP) is 4.25. The molecule has 0 amide bonds. The summed E-state index contributed by atoms with van der Waals surface area (Å²) in [6, 6.07) is 13.0. The summed E-state index contributed by atoms with van der Waals surface area (Å²) >= 11 is 0. The zero-order valence-corrected chi connectivity index (χ0v) is 11.4. The van der Waals surface area contributed by atoms with Crippen molar-refractivity contribution < 1.29 is 18.6 Å². The fourth-order valence-electron chi connectivity index (χ4n) is 2.12. The maximum atomic E-state index is 12.5. The smallest absolute Gasteiger partial charge is 0.263 e. The second kappa shape index (κ2) is 5.82. The third-order valence-electron chi connectivity index (χ3n) is 3.53. The van der Waals surface area contributed by atoms with Gasteiger partial charge in [0.05, 0.1) is 6.10 Å². The summed E-state index contributed by atoms with van der Waals surface area (Å²) in [6.07, 6.45) is -0.786. The molecule has 1 saturated carbocycles. The first-order valence-corrected chi connectivity index (χ1v) is 6.96. The van der Waals surface area contributed by atoms with Crippen molar-refractivity contribution in [3.05, 3.63) is 65.2 Å². The van der Waals surface area contributed by atoms with E-state index in [1.54, 1.807) is 12.1 Å². The lowest BCUT2D eigenvalue weighted by Gasteiger charge is -2.13. The standard InChI is InChI=1S/C17H16F2O2/c18-17(19)13-3-1-11(2-4-13)16(20)12-5-7-14(8-6-12)21-15-9-10-15/h1-8,15-17,20H,9-10H2. The van der Waals surface area contributed by atoms with Gasteiger partial charge in [-0.15, -0.1) is 0 Å². The highest BCUT2D eigenvalue weighted by atomic mass is 19.3. The van der Waals surface area contributed by atoms with E-state index >= 15 is 0 Å². The van der Waals surface area contributed by atoms with E-state index in [0.717, 1.165) is 18.6 Å². The summed E-state index contributed by atoms with van der Waals surface area (Å²) in [5, 5.41) is 10.3. The molecule has 0 heterocycles. The van der Waals surface area contributed by atoms with Crippen molar-refractivity contribution in [3.8, 4) is 5.75 Å². The number of benzene rings is 2. The van der Waals surface area contributed by atoms with Crippen LogP contribution in [0.2, 0.25) is 0 Å². The summed E-state index contributed by atoms with van der Waals surface area (Å²) in [7, 11) is 0. The van der Waals surface area contributed by atoms with Crippen LogP contribution in [0.1, 0.15) is 42.1 Å². The molecule has 2 nitrogen and oxygen atoms in total. The van der Waals surface area contributed by atoms with Gasteiger partial charge in [-0.3, -0.25) is 0 Å². The monoisotopic (exact) mass is 290 g/mol. The second-order valence-corrected chi connectivity index (χ2v) is 5.26. The van der Waals surface area contributed by atoms with Crippen LogP contribution in [0.4, 0.5) is 8.78 Å². The molecule has 0 aliphatic heterocycles. The summed E-state index contributed by atoms with van der Waals surface area (Å²) in [4.78, 5) is 0. The summed E-state index contributed by atoms with van der Waals surface area (Å²) in [5.74, 6) is 0.793. The number of hydrogen-bond acceptors (Lipinski definition) is 2. The molecule has 2 aromatic rings. The average Bonchev–Trinajstić information content (AvgIpc) is 3.31. The first kappa shape index (κ1) is 14.0. The molecule has 4 heteroatoms. The SMILES string of the molecule is OC(c1ccc(OC2CC2)cc1)c1ccc(C(F)F)cc1. The third-order valence-corrected chi connectivity index (χ3v) is 3.53. The molecule has 1 aliphatic rings. The Morgan fingerprint density at radius 2 is 1.33 bits per heavy atom. The van der Waals surface area contributed by atoms with E-state index in [-0.39, 0.29) is 5.56 Å². The maximum absolute atomic E-state index is 12.5. The molecule has 1 unspecified atom stereocenters. The van der Waals surface area contributed by atoms with Crippen LogP contribution in [0.15, 0.2) is 48.5 Å². The highest BCUT2D eigenvalue weighted by molar-refractivity contribution is 5.35. The third kappa shape index (κ3) is 3.39. The molecule has 1 N–H and O–H groups in total. The molecular formula is C17H16F2O2. The lowest BCUT2D eigenvalue weighted by atomic mass is 10.0. The molecule has 1 atom stereocenters. The van der Waals surface area contributed by atoms with Crippen molar-refractivity contribution in [2.24, 2.45) is 0 Å². The van der Waals surface area contributed by atoms with Crippen molar-refractivity contribution in [1.82, 2.24) is 0 Å². The van der Waals surface area contributed by atoms with Gasteiger partial charge in [0.25, 0.3) is 6.43 Å². The van der Waals surface area contributed by atoms with Crippen LogP contribution in [-0.4, -0.2) is 11.2 Å². The van der Waals surface area contributed by atoms with Crippen molar-refractivity contribution in [1.29, 1.82) is 0 Å². The van der Waals surface area contributed by atoms with Gasteiger partial charge in [-0.1, -0.05) is 36.4 Å². The fourth-order valence-corrected chi connectivity index (χ4v) is 2.12. The Balaban J connectivity index is 1.72. The Labute approximate surface area is 122 Å². The van der Waals surface area contributed by atoms with Crippen molar-refractivity contribution in [2.45, 2.75) is 31.5 Å². The highest BCUT2D eigenvalue weighted by Crippen LogP contribution is 2.29. The number of halogens is 2. The minimum Gasteiger partial charge on any atom is -0.490 e. The zero-order valence-electron chi connectivity index (χ0n) is 11.4. The molecule has 0 radical (unpaired) electrons.